The number of carbonyl (C=O) groups is 1. The fourth-order valence-corrected chi connectivity index (χ4v) is 3.64. The van der Waals surface area contributed by atoms with Crippen LogP contribution < -0.4 is 0 Å². The van der Waals surface area contributed by atoms with Crippen LogP contribution in [-0.2, 0) is 4.79 Å². The van der Waals surface area contributed by atoms with Crippen LogP contribution in [0.5, 0.6) is 0 Å². The molecule has 0 aromatic carbocycles. The average molecular weight is 241 g/mol. The van der Waals surface area contributed by atoms with Crippen LogP contribution >= 0.6 is 11.6 Å². The Morgan fingerprint density at radius 2 is 1.69 bits per heavy atom. The number of hydrogen-bond donors (Lipinski definition) is 0. The first kappa shape index (κ1) is 12.2. The summed E-state index contributed by atoms with van der Waals surface area (Å²) >= 11 is 5.46. The summed E-state index contributed by atoms with van der Waals surface area (Å²) < 4.78 is 0. The van der Waals surface area contributed by atoms with Crippen molar-refractivity contribution in [2.24, 2.45) is 11.3 Å². The van der Waals surface area contributed by atoms with Crippen molar-refractivity contribution in [1.82, 2.24) is 0 Å². The summed E-state index contributed by atoms with van der Waals surface area (Å²) in [7, 11) is 0. The van der Waals surface area contributed by atoms with Gasteiger partial charge in [0.2, 0.25) is 0 Å². The Morgan fingerprint density at radius 1 is 1.06 bits per heavy atom. The Bertz CT molecular complexity index is 266. The highest BCUT2D eigenvalue weighted by molar-refractivity contribution is 6.26. The van der Waals surface area contributed by atoms with E-state index in [0.29, 0.717) is 5.41 Å². The van der Waals surface area contributed by atoms with Crippen molar-refractivity contribution in [3.63, 3.8) is 0 Å². The third-order valence-electron chi connectivity index (χ3n) is 4.59. The van der Waals surface area contributed by atoms with Crippen LogP contribution in [0.4, 0.5) is 0 Å². The summed E-state index contributed by atoms with van der Waals surface area (Å²) in [5.74, 6) is 0.489. The summed E-state index contributed by atoms with van der Waals surface area (Å²) in [5, 5.41) is 0. The average Bonchev–Trinajstić information content (AvgIpc) is 2.31. The van der Waals surface area contributed by atoms with E-state index in [9.17, 15) is 4.79 Å². The molecular formula is C14H21ClO. The van der Waals surface area contributed by atoms with E-state index in [4.69, 9.17) is 11.6 Å². The van der Waals surface area contributed by atoms with Gasteiger partial charge in [0.15, 0.2) is 5.78 Å². The molecule has 0 bridgehead atoms. The summed E-state index contributed by atoms with van der Waals surface area (Å²) in [5.41, 5.74) is 1.97. The molecule has 0 aromatic rings. The van der Waals surface area contributed by atoms with Gasteiger partial charge in [0.05, 0.1) is 0 Å². The monoisotopic (exact) mass is 240 g/mol. The normalized spacial score (nSPS) is 26.3. The van der Waals surface area contributed by atoms with Gasteiger partial charge in [-0.15, -0.1) is 0 Å². The minimum absolute atomic E-state index is 0.237. The van der Waals surface area contributed by atoms with Crippen molar-refractivity contribution in [2.45, 2.75) is 57.8 Å². The second-order valence-electron chi connectivity index (χ2n) is 5.53. The highest BCUT2D eigenvalue weighted by atomic mass is 35.5. The van der Waals surface area contributed by atoms with Crippen LogP contribution in [-0.4, -0.2) is 5.78 Å². The lowest BCUT2D eigenvalue weighted by Crippen LogP contribution is -2.31. The van der Waals surface area contributed by atoms with E-state index in [1.165, 1.54) is 56.6 Å². The Morgan fingerprint density at radius 3 is 2.25 bits per heavy atom. The predicted octanol–water partition coefficient (Wildman–Crippen LogP) is 4.45. The number of carbonyl (C=O) groups excluding carboxylic acids is 1. The molecule has 0 unspecified atom stereocenters. The van der Waals surface area contributed by atoms with Crippen LogP contribution in [0.3, 0.4) is 0 Å². The zero-order valence-electron chi connectivity index (χ0n) is 9.88. The number of halogens is 1. The summed E-state index contributed by atoms with van der Waals surface area (Å²) in [6.07, 6.45) is 13.3. The molecule has 0 amide bonds. The van der Waals surface area contributed by atoms with Crippen molar-refractivity contribution in [1.29, 1.82) is 0 Å². The van der Waals surface area contributed by atoms with Crippen LogP contribution in [0, 0.1) is 11.3 Å². The lowest BCUT2D eigenvalue weighted by atomic mass is 9.63. The van der Waals surface area contributed by atoms with Crippen LogP contribution in [0.2, 0.25) is 0 Å². The van der Waals surface area contributed by atoms with Crippen LogP contribution in [0.1, 0.15) is 57.8 Å². The fourth-order valence-electron chi connectivity index (χ4n) is 3.51. The van der Waals surface area contributed by atoms with E-state index < -0.39 is 0 Å². The SMILES string of the molecule is O=C(/C=C/Cl)C1CCC2(CCCCC2)CC1. The van der Waals surface area contributed by atoms with E-state index >= 15 is 0 Å². The zero-order valence-corrected chi connectivity index (χ0v) is 10.6. The molecule has 16 heavy (non-hydrogen) atoms. The third kappa shape index (κ3) is 2.68. The maximum absolute atomic E-state index is 11.7. The van der Waals surface area contributed by atoms with Gasteiger partial charge in [0.1, 0.15) is 0 Å². The first-order chi connectivity index (χ1) is 7.76. The van der Waals surface area contributed by atoms with Crippen molar-refractivity contribution in [2.75, 3.05) is 0 Å². The minimum Gasteiger partial charge on any atom is -0.295 e. The molecule has 1 spiro atoms. The molecule has 0 aliphatic heterocycles. The molecule has 0 saturated heterocycles. The highest BCUT2D eigenvalue weighted by Gasteiger charge is 2.37. The van der Waals surface area contributed by atoms with Crippen molar-refractivity contribution in [3.8, 4) is 0 Å². The van der Waals surface area contributed by atoms with Gasteiger partial charge in [0.25, 0.3) is 0 Å². The van der Waals surface area contributed by atoms with Crippen molar-refractivity contribution in [3.05, 3.63) is 11.6 Å². The second kappa shape index (κ2) is 5.35. The van der Waals surface area contributed by atoms with Gasteiger partial charge in [-0.1, -0.05) is 30.9 Å². The molecule has 0 radical (unpaired) electrons. The molecule has 0 N–H and O–H groups in total. The second-order valence-corrected chi connectivity index (χ2v) is 5.78. The van der Waals surface area contributed by atoms with Crippen molar-refractivity contribution >= 4 is 17.4 Å². The Labute approximate surface area is 103 Å². The summed E-state index contributed by atoms with van der Waals surface area (Å²) in [6.45, 7) is 0. The van der Waals surface area contributed by atoms with E-state index in [1.54, 1.807) is 0 Å². The van der Waals surface area contributed by atoms with E-state index in [0.717, 1.165) is 12.8 Å². The summed E-state index contributed by atoms with van der Waals surface area (Å²) in [6, 6.07) is 0. The third-order valence-corrected chi connectivity index (χ3v) is 4.72. The van der Waals surface area contributed by atoms with Gasteiger partial charge in [-0.25, -0.2) is 0 Å². The molecule has 1 nitrogen and oxygen atoms in total. The number of rotatable bonds is 2. The molecule has 0 aromatic heterocycles. The quantitative estimate of drug-likeness (QED) is 0.652. The zero-order chi connectivity index (χ0) is 11.4. The lowest BCUT2D eigenvalue weighted by molar-refractivity contribution is -0.120. The van der Waals surface area contributed by atoms with E-state index in [1.807, 2.05) is 0 Å². The van der Waals surface area contributed by atoms with Crippen LogP contribution in [0.15, 0.2) is 11.6 Å². The van der Waals surface area contributed by atoms with Gasteiger partial charge >= 0.3 is 0 Å². The van der Waals surface area contributed by atoms with Gasteiger partial charge in [-0.2, -0.15) is 0 Å². The lowest BCUT2D eigenvalue weighted by Gasteiger charge is -2.42. The molecule has 2 aliphatic rings. The topological polar surface area (TPSA) is 17.1 Å². The maximum atomic E-state index is 11.7. The van der Waals surface area contributed by atoms with E-state index in [2.05, 4.69) is 0 Å². The molecule has 0 atom stereocenters. The fraction of sp³-hybridized carbons (Fsp3) is 0.786. The smallest absolute Gasteiger partial charge is 0.159 e. The maximum Gasteiger partial charge on any atom is 0.159 e. The largest absolute Gasteiger partial charge is 0.295 e. The Balaban J connectivity index is 1.88. The predicted molar refractivity (Wildman–Crippen MR) is 67.5 cm³/mol. The molecule has 2 fully saturated rings. The number of ketones is 1. The molecule has 0 heterocycles. The van der Waals surface area contributed by atoms with Crippen LogP contribution in [0.25, 0.3) is 0 Å². The van der Waals surface area contributed by atoms with Crippen molar-refractivity contribution < 1.29 is 4.79 Å². The molecule has 90 valence electrons. The Hall–Kier alpha value is -0.300. The Kier molecular flexibility index (Phi) is 4.07. The first-order valence-electron chi connectivity index (χ1n) is 6.56. The highest BCUT2D eigenvalue weighted by Crippen LogP contribution is 2.48. The van der Waals surface area contributed by atoms with Gasteiger partial charge < -0.3 is 0 Å². The standard InChI is InChI=1S/C14H21ClO/c15-11-6-13(16)12-4-9-14(10-5-12)7-2-1-3-8-14/h6,11-12H,1-5,7-10H2/b11-6+. The minimum atomic E-state index is 0.237. The van der Waals surface area contributed by atoms with Gasteiger partial charge in [-0.05, 0) is 50.0 Å². The molecule has 2 rings (SSSR count). The molecule has 2 heteroatoms. The first-order valence-corrected chi connectivity index (χ1v) is 7.00. The van der Waals surface area contributed by atoms with Gasteiger partial charge in [0, 0.05) is 11.5 Å². The molecule has 2 aliphatic carbocycles. The van der Waals surface area contributed by atoms with E-state index in [-0.39, 0.29) is 11.7 Å². The number of hydrogen-bond acceptors (Lipinski definition) is 1. The molecule has 2 saturated carbocycles. The summed E-state index contributed by atoms with van der Waals surface area (Å²) in [4.78, 5) is 11.7. The number of allylic oxidation sites excluding steroid dienone is 1. The molecular weight excluding hydrogens is 220 g/mol. The van der Waals surface area contributed by atoms with Gasteiger partial charge in [-0.3, -0.25) is 4.79 Å².